The van der Waals surface area contributed by atoms with Crippen LogP contribution in [0.15, 0.2) is 65.2 Å². The van der Waals surface area contributed by atoms with Gasteiger partial charge in [-0.05, 0) is 42.7 Å². The average Bonchev–Trinajstić information content (AvgIpc) is 3.32. The Labute approximate surface area is 218 Å². The Morgan fingerprint density at radius 1 is 1.06 bits per heavy atom. The number of aliphatic hydroxyl groups is 1. The lowest BCUT2D eigenvalue weighted by atomic mass is 9.73. The van der Waals surface area contributed by atoms with Crippen LogP contribution in [-0.4, -0.2) is 41.8 Å². The number of oxazole rings is 1. The van der Waals surface area contributed by atoms with Gasteiger partial charge in [-0.25, -0.2) is 9.37 Å². The summed E-state index contributed by atoms with van der Waals surface area (Å²) in [5.74, 6) is 1.68. The molecule has 35 heavy (non-hydrogen) atoms. The topological polar surface area (TPSA) is 55.5 Å². The maximum atomic E-state index is 13.0. The van der Waals surface area contributed by atoms with Gasteiger partial charge in [-0.2, -0.15) is 0 Å². The highest BCUT2D eigenvalue weighted by molar-refractivity contribution is 5.30. The number of halogens is 2. The zero-order valence-corrected chi connectivity index (χ0v) is 22.2. The molecule has 1 fully saturated rings. The van der Waals surface area contributed by atoms with Gasteiger partial charge in [0.2, 0.25) is 5.89 Å². The van der Waals surface area contributed by atoms with E-state index in [0.29, 0.717) is 29.3 Å². The molecule has 7 heteroatoms. The summed E-state index contributed by atoms with van der Waals surface area (Å²) in [4.78, 5) is 4.59. The highest BCUT2D eigenvalue weighted by atomic mass is 79.9. The fourth-order valence-corrected chi connectivity index (χ4v) is 5.02. The Kier molecular flexibility index (Phi) is 9.50. The van der Waals surface area contributed by atoms with E-state index in [9.17, 15) is 9.50 Å². The molecular weight excluding hydrogens is 511 g/mol. The van der Waals surface area contributed by atoms with E-state index in [-0.39, 0.29) is 28.7 Å². The van der Waals surface area contributed by atoms with Crippen LogP contribution < -0.4 is 21.7 Å². The summed E-state index contributed by atoms with van der Waals surface area (Å²) >= 11 is 0. The number of quaternary nitrogens is 1. The minimum atomic E-state index is -1.21. The predicted octanol–water partition coefficient (Wildman–Crippen LogP) is 2.68. The van der Waals surface area contributed by atoms with Crippen LogP contribution in [0, 0.1) is 11.7 Å². The zero-order valence-electron chi connectivity index (χ0n) is 20.6. The molecule has 1 aromatic heterocycles. The molecular formula is C28H36BrFN2O3. The first-order valence-corrected chi connectivity index (χ1v) is 12.3. The van der Waals surface area contributed by atoms with Crippen LogP contribution in [0.3, 0.4) is 0 Å². The largest absolute Gasteiger partial charge is 1.00 e. The minimum Gasteiger partial charge on any atom is -1.00 e. The lowest BCUT2D eigenvalue weighted by Gasteiger charge is -2.36. The summed E-state index contributed by atoms with van der Waals surface area (Å²) in [6, 6.07) is 15.9. The summed E-state index contributed by atoms with van der Waals surface area (Å²) in [5.41, 5.74) is -0.359. The SMILES string of the molecule is C[N+](C)(CCCOc1ccc(F)cc1)Cc1cnc(C(O)(c2ccccc2)C2CCCCC2)o1.[Br-]. The van der Waals surface area contributed by atoms with Crippen molar-refractivity contribution in [3.8, 4) is 5.75 Å². The van der Waals surface area contributed by atoms with Gasteiger partial charge in [-0.3, -0.25) is 0 Å². The lowest BCUT2D eigenvalue weighted by Crippen LogP contribution is -3.00. The second-order valence-electron chi connectivity index (χ2n) is 10.1. The van der Waals surface area contributed by atoms with Crippen LogP contribution in [0.5, 0.6) is 5.75 Å². The van der Waals surface area contributed by atoms with Crippen LogP contribution in [0.2, 0.25) is 0 Å². The third kappa shape index (κ3) is 6.93. The van der Waals surface area contributed by atoms with Gasteiger partial charge < -0.3 is 35.7 Å². The fourth-order valence-electron chi connectivity index (χ4n) is 5.02. The number of nitrogens with zero attached hydrogens (tertiary/aromatic N) is 2. The quantitative estimate of drug-likeness (QED) is 0.314. The van der Waals surface area contributed by atoms with Gasteiger partial charge in [0.15, 0.2) is 11.4 Å². The summed E-state index contributed by atoms with van der Waals surface area (Å²) in [7, 11) is 4.29. The molecule has 190 valence electrons. The molecule has 0 spiro atoms. The molecule has 0 radical (unpaired) electrons. The van der Waals surface area contributed by atoms with E-state index in [4.69, 9.17) is 9.15 Å². The van der Waals surface area contributed by atoms with E-state index in [1.165, 1.54) is 18.6 Å². The number of hydrogen-bond donors (Lipinski definition) is 1. The van der Waals surface area contributed by atoms with E-state index >= 15 is 0 Å². The van der Waals surface area contributed by atoms with E-state index in [0.717, 1.165) is 50.0 Å². The molecule has 3 aromatic rings. The number of hydrogen-bond acceptors (Lipinski definition) is 4. The highest BCUT2D eigenvalue weighted by Crippen LogP contribution is 2.43. The van der Waals surface area contributed by atoms with Gasteiger partial charge in [0, 0.05) is 12.3 Å². The highest BCUT2D eigenvalue weighted by Gasteiger charge is 2.44. The van der Waals surface area contributed by atoms with E-state index in [1.54, 1.807) is 18.3 Å². The molecule has 1 saturated carbocycles. The molecule has 4 rings (SSSR count). The second kappa shape index (κ2) is 12.2. The van der Waals surface area contributed by atoms with Crippen molar-refractivity contribution in [2.45, 2.75) is 50.7 Å². The minimum absolute atomic E-state index is 0. The summed E-state index contributed by atoms with van der Waals surface area (Å²) in [6.07, 6.45) is 8.02. The van der Waals surface area contributed by atoms with Crippen LogP contribution in [0.1, 0.15) is 55.7 Å². The third-order valence-electron chi connectivity index (χ3n) is 6.86. The number of rotatable bonds is 10. The Morgan fingerprint density at radius 2 is 1.74 bits per heavy atom. The number of aromatic nitrogens is 1. The lowest BCUT2D eigenvalue weighted by molar-refractivity contribution is -0.904. The fraction of sp³-hybridized carbons (Fsp3) is 0.464. The van der Waals surface area contributed by atoms with Crippen molar-refractivity contribution in [1.29, 1.82) is 0 Å². The Bertz CT molecular complexity index is 1040. The first kappa shape index (κ1) is 27.4. The Balaban J connectivity index is 0.00000342. The summed E-state index contributed by atoms with van der Waals surface area (Å²) in [6.45, 7) is 2.10. The van der Waals surface area contributed by atoms with Crippen molar-refractivity contribution in [3.63, 3.8) is 0 Å². The Morgan fingerprint density at radius 3 is 2.43 bits per heavy atom. The molecule has 1 unspecified atom stereocenters. The first-order valence-electron chi connectivity index (χ1n) is 12.3. The summed E-state index contributed by atoms with van der Waals surface area (Å²) < 4.78 is 25.7. The summed E-state index contributed by atoms with van der Waals surface area (Å²) in [5, 5.41) is 12.0. The van der Waals surface area contributed by atoms with Crippen molar-refractivity contribution < 1.29 is 40.1 Å². The molecule has 1 heterocycles. The molecule has 5 nitrogen and oxygen atoms in total. The van der Waals surface area contributed by atoms with E-state index < -0.39 is 5.60 Å². The van der Waals surface area contributed by atoms with Crippen molar-refractivity contribution in [2.75, 3.05) is 27.2 Å². The molecule has 0 aliphatic heterocycles. The monoisotopic (exact) mass is 546 g/mol. The van der Waals surface area contributed by atoms with Gasteiger partial charge in [0.25, 0.3) is 0 Å². The van der Waals surface area contributed by atoms with Crippen LogP contribution in [0.4, 0.5) is 4.39 Å². The van der Waals surface area contributed by atoms with E-state index in [2.05, 4.69) is 19.1 Å². The molecule has 0 bridgehead atoms. The maximum absolute atomic E-state index is 13.0. The molecule has 1 atom stereocenters. The van der Waals surface area contributed by atoms with E-state index in [1.807, 2.05) is 30.3 Å². The van der Waals surface area contributed by atoms with Crippen molar-refractivity contribution in [1.82, 2.24) is 4.98 Å². The maximum Gasteiger partial charge on any atom is 0.231 e. The average molecular weight is 548 g/mol. The van der Waals surface area contributed by atoms with Gasteiger partial charge in [0.1, 0.15) is 18.1 Å². The van der Waals surface area contributed by atoms with Gasteiger partial charge >= 0.3 is 0 Å². The van der Waals surface area contributed by atoms with Gasteiger partial charge in [-0.15, -0.1) is 0 Å². The predicted molar refractivity (Wildman–Crippen MR) is 130 cm³/mol. The van der Waals surface area contributed by atoms with Crippen LogP contribution in [0.25, 0.3) is 0 Å². The van der Waals surface area contributed by atoms with Gasteiger partial charge in [-0.1, -0.05) is 49.6 Å². The molecule has 1 aliphatic carbocycles. The van der Waals surface area contributed by atoms with Gasteiger partial charge in [0.05, 0.1) is 33.4 Å². The molecule has 1 N–H and O–H groups in total. The molecule has 2 aromatic carbocycles. The third-order valence-corrected chi connectivity index (χ3v) is 6.86. The van der Waals surface area contributed by atoms with Crippen molar-refractivity contribution in [3.05, 3.63) is 83.8 Å². The van der Waals surface area contributed by atoms with Crippen LogP contribution in [-0.2, 0) is 12.1 Å². The zero-order chi connectivity index (χ0) is 24.0. The Hall–Kier alpha value is -2.22. The molecule has 0 saturated heterocycles. The van der Waals surface area contributed by atoms with Crippen LogP contribution >= 0.6 is 0 Å². The second-order valence-corrected chi connectivity index (χ2v) is 10.1. The standard InChI is InChI=1S/C28H36FN2O3.BrH/c1-31(2,18-9-19-33-25-16-14-24(29)15-17-25)21-26-20-30-27(34-26)28(32,22-10-5-3-6-11-22)23-12-7-4-8-13-23;/h3,5-6,10-11,14-17,20,23,32H,4,7-9,12-13,18-19,21H2,1-2H3;1H/q+1;/p-1. The first-order chi connectivity index (χ1) is 16.4. The normalized spacial score (nSPS) is 16.3. The smallest absolute Gasteiger partial charge is 0.231 e. The number of benzene rings is 2. The van der Waals surface area contributed by atoms with Crippen molar-refractivity contribution >= 4 is 0 Å². The molecule has 1 aliphatic rings. The van der Waals surface area contributed by atoms with Crippen molar-refractivity contribution in [2.24, 2.45) is 5.92 Å². The molecule has 0 amide bonds. The number of ether oxygens (including phenoxy) is 1.